The number of phenols is 1. The van der Waals surface area contributed by atoms with Crippen molar-refractivity contribution in [3.8, 4) is 5.75 Å². The molecule has 1 heterocycles. The van der Waals surface area contributed by atoms with Crippen LogP contribution >= 0.6 is 0 Å². The Morgan fingerprint density at radius 1 is 1.42 bits per heavy atom. The van der Waals surface area contributed by atoms with Gasteiger partial charge >= 0.3 is 6.18 Å². The van der Waals surface area contributed by atoms with Crippen LogP contribution in [0.1, 0.15) is 12.5 Å². The monoisotopic (exact) mass is 346 g/mol. The van der Waals surface area contributed by atoms with Gasteiger partial charge in [0, 0.05) is 12.6 Å². The predicted octanol–water partition coefficient (Wildman–Crippen LogP) is 1.70. The zero-order valence-electron chi connectivity index (χ0n) is 13.3. The summed E-state index contributed by atoms with van der Waals surface area (Å²) < 4.78 is 43.0. The van der Waals surface area contributed by atoms with Crippen molar-refractivity contribution in [3.05, 3.63) is 29.8 Å². The van der Waals surface area contributed by atoms with Gasteiger partial charge in [0.2, 0.25) is 5.91 Å². The van der Waals surface area contributed by atoms with Gasteiger partial charge in [-0.1, -0.05) is 12.1 Å². The summed E-state index contributed by atoms with van der Waals surface area (Å²) in [6, 6.07) is 5.36. The largest absolute Gasteiger partial charge is 0.508 e. The molecule has 0 bridgehead atoms. The van der Waals surface area contributed by atoms with Crippen molar-refractivity contribution in [2.45, 2.75) is 31.6 Å². The fraction of sp³-hybridized carbons (Fsp3) is 0.562. The van der Waals surface area contributed by atoms with Gasteiger partial charge in [-0.25, -0.2) is 0 Å². The van der Waals surface area contributed by atoms with E-state index in [9.17, 15) is 23.1 Å². The number of hydrogen-bond donors (Lipinski definition) is 2. The summed E-state index contributed by atoms with van der Waals surface area (Å²) in [5.41, 5.74) is 0.910. The Bertz CT molecular complexity index is 548. The van der Waals surface area contributed by atoms with Crippen molar-refractivity contribution in [2.75, 3.05) is 26.3 Å². The van der Waals surface area contributed by atoms with E-state index in [4.69, 9.17) is 4.74 Å². The molecule has 2 N–H and O–H groups in total. The van der Waals surface area contributed by atoms with Crippen LogP contribution in [0.25, 0.3) is 0 Å². The van der Waals surface area contributed by atoms with E-state index >= 15 is 0 Å². The third-order valence-corrected chi connectivity index (χ3v) is 3.79. The first-order chi connectivity index (χ1) is 11.2. The van der Waals surface area contributed by atoms with Gasteiger partial charge in [-0.3, -0.25) is 9.69 Å². The molecule has 1 aliphatic rings. The Labute approximate surface area is 138 Å². The van der Waals surface area contributed by atoms with Crippen LogP contribution in [0.5, 0.6) is 5.75 Å². The van der Waals surface area contributed by atoms with E-state index in [-0.39, 0.29) is 31.5 Å². The number of hydrogen-bond acceptors (Lipinski definition) is 4. The van der Waals surface area contributed by atoms with Crippen LogP contribution in [0, 0.1) is 0 Å². The summed E-state index contributed by atoms with van der Waals surface area (Å²) >= 11 is 0. The van der Waals surface area contributed by atoms with Crippen LogP contribution in [0.15, 0.2) is 24.3 Å². The van der Waals surface area contributed by atoms with Crippen LogP contribution in [0.3, 0.4) is 0 Å². The lowest BCUT2D eigenvalue weighted by atomic mass is 10.1. The number of nitrogens with one attached hydrogen (secondary N) is 1. The van der Waals surface area contributed by atoms with Crippen molar-refractivity contribution in [3.63, 3.8) is 0 Å². The lowest BCUT2D eigenvalue weighted by Gasteiger charge is -2.35. The Morgan fingerprint density at radius 3 is 2.71 bits per heavy atom. The molecule has 1 fully saturated rings. The zero-order chi connectivity index (χ0) is 17.7. The second kappa shape index (κ2) is 7.85. The molecular formula is C16H21F3N2O3. The first-order valence-corrected chi connectivity index (χ1v) is 7.71. The number of amides is 1. The minimum Gasteiger partial charge on any atom is -0.508 e. The van der Waals surface area contributed by atoms with Crippen molar-refractivity contribution < 1.29 is 27.8 Å². The molecule has 0 unspecified atom stereocenters. The number of carbonyl (C=O) groups excluding carboxylic acids is 1. The fourth-order valence-electron chi connectivity index (χ4n) is 2.67. The van der Waals surface area contributed by atoms with Crippen molar-refractivity contribution >= 4 is 5.91 Å². The van der Waals surface area contributed by atoms with Crippen molar-refractivity contribution in [1.82, 2.24) is 10.2 Å². The maximum atomic E-state index is 12.6. The van der Waals surface area contributed by atoms with Gasteiger partial charge in [-0.05, 0) is 31.0 Å². The van der Waals surface area contributed by atoms with Crippen LogP contribution in [0.2, 0.25) is 0 Å². The van der Waals surface area contributed by atoms with Gasteiger partial charge in [0.15, 0.2) is 0 Å². The van der Waals surface area contributed by atoms with E-state index in [1.807, 2.05) is 0 Å². The van der Waals surface area contributed by atoms with E-state index in [2.05, 4.69) is 5.32 Å². The number of ether oxygens (including phenoxy) is 1. The highest BCUT2D eigenvalue weighted by atomic mass is 19.4. The van der Waals surface area contributed by atoms with E-state index in [0.29, 0.717) is 6.42 Å². The molecule has 1 amide bonds. The van der Waals surface area contributed by atoms with E-state index < -0.39 is 24.7 Å². The quantitative estimate of drug-likeness (QED) is 0.852. The Morgan fingerprint density at radius 2 is 2.08 bits per heavy atom. The SMILES string of the molecule is C[C@@H](Cc1ccc(O)cc1)NC(=O)[C@H]1COCCN1CC(F)(F)F. The third-order valence-electron chi connectivity index (χ3n) is 3.79. The normalized spacial score (nSPS) is 20.6. The van der Waals surface area contributed by atoms with Crippen LogP contribution in [-0.2, 0) is 16.0 Å². The Hall–Kier alpha value is -1.80. The third kappa shape index (κ3) is 5.68. The Kier molecular flexibility index (Phi) is 6.06. The smallest absolute Gasteiger partial charge is 0.401 e. The molecule has 2 rings (SSSR count). The molecule has 8 heteroatoms. The summed E-state index contributed by atoms with van der Waals surface area (Å²) in [4.78, 5) is 13.4. The molecule has 134 valence electrons. The number of carbonyl (C=O) groups is 1. The second-order valence-electron chi connectivity index (χ2n) is 5.96. The average molecular weight is 346 g/mol. The van der Waals surface area contributed by atoms with Crippen LogP contribution in [-0.4, -0.2) is 60.5 Å². The average Bonchev–Trinajstić information content (AvgIpc) is 2.48. The Balaban J connectivity index is 1.92. The molecule has 1 aliphatic heterocycles. The summed E-state index contributed by atoms with van der Waals surface area (Å²) in [5, 5.41) is 12.0. The number of halogens is 3. The molecular weight excluding hydrogens is 325 g/mol. The summed E-state index contributed by atoms with van der Waals surface area (Å²) in [6.45, 7) is 0.865. The lowest BCUT2D eigenvalue weighted by molar-refractivity contribution is -0.167. The molecule has 0 aliphatic carbocycles. The molecule has 2 atom stereocenters. The van der Waals surface area contributed by atoms with E-state index in [1.165, 1.54) is 0 Å². The predicted molar refractivity (Wildman–Crippen MR) is 81.7 cm³/mol. The van der Waals surface area contributed by atoms with Gasteiger partial charge in [-0.15, -0.1) is 0 Å². The molecule has 1 aromatic carbocycles. The number of phenolic OH excluding ortho intramolecular Hbond substituents is 1. The minimum atomic E-state index is -4.35. The molecule has 0 aromatic heterocycles. The molecule has 0 radical (unpaired) electrons. The summed E-state index contributed by atoms with van der Waals surface area (Å²) in [5.74, 6) is -0.317. The highest BCUT2D eigenvalue weighted by Crippen LogP contribution is 2.20. The topological polar surface area (TPSA) is 61.8 Å². The summed E-state index contributed by atoms with van der Waals surface area (Å²) in [7, 11) is 0. The molecule has 0 spiro atoms. The van der Waals surface area contributed by atoms with Gasteiger partial charge in [0.05, 0.1) is 19.8 Å². The molecule has 24 heavy (non-hydrogen) atoms. The number of morpholine rings is 1. The maximum Gasteiger partial charge on any atom is 0.401 e. The van der Waals surface area contributed by atoms with Gasteiger partial charge < -0.3 is 15.2 Å². The van der Waals surface area contributed by atoms with Gasteiger partial charge in [0.25, 0.3) is 0 Å². The molecule has 5 nitrogen and oxygen atoms in total. The standard InChI is InChI=1S/C16H21F3N2O3/c1-11(8-12-2-4-13(22)5-3-12)20-15(23)14-9-24-7-6-21(14)10-16(17,18)19/h2-5,11,14,22H,6-10H2,1H3,(H,20,23)/t11-,14+/m0/s1. The number of alkyl halides is 3. The van der Waals surface area contributed by atoms with E-state index in [0.717, 1.165) is 10.5 Å². The summed E-state index contributed by atoms with van der Waals surface area (Å²) in [6.07, 6.45) is -3.84. The van der Waals surface area contributed by atoms with E-state index in [1.54, 1.807) is 31.2 Å². The highest BCUT2D eigenvalue weighted by molar-refractivity contribution is 5.82. The number of rotatable bonds is 5. The lowest BCUT2D eigenvalue weighted by Crippen LogP contribution is -2.57. The van der Waals surface area contributed by atoms with Gasteiger partial charge in [-0.2, -0.15) is 13.2 Å². The first kappa shape index (κ1) is 18.5. The first-order valence-electron chi connectivity index (χ1n) is 7.71. The van der Waals surface area contributed by atoms with Crippen molar-refractivity contribution in [1.29, 1.82) is 0 Å². The van der Waals surface area contributed by atoms with Crippen LogP contribution < -0.4 is 5.32 Å². The maximum absolute atomic E-state index is 12.6. The minimum absolute atomic E-state index is 0.0478. The number of benzene rings is 1. The van der Waals surface area contributed by atoms with Crippen LogP contribution in [0.4, 0.5) is 13.2 Å². The fourth-order valence-corrected chi connectivity index (χ4v) is 2.67. The second-order valence-corrected chi connectivity index (χ2v) is 5.96. The number of nitrogens with zero attached hydrogens (tertiary/aromatic N) is 1. The number of aromatic hydroxyl groups is 1. The molecule has 0 saturated carbocycles. The van der Waals surface area contributed by atoms with Crippen molar-refractivity contribution in [2.24, 2.45) is 0 Å². The molecule has 1 aromatic rings. The highest BCUT2D eigenvalue weighted by Gasteiger charge is 2.38. The zero-order valence-corrected chi connectivity index (χ0v) is 13.3. The molecule has 1 saturated heterocycles. The van der Waals surface area contributed by atoms with Gasteiger partial charge in [0.1, 0.15) is 11.8 Å².